The van der Waals surface area contributed by atoms with Crippen LogP contribution in [0.5, 0.6) is 0 Å². The standard InChI is InChI=1S/C19H40O2Si/c1-4-7-9-11-13-15-18-22(20,21-17-6-3)19-16-14-12-10-8-5-2/h6,20H,3-5,7-19H2,1-2H3. The Morgan fingerprint density at radius 2 is 1.18 bits per heavy atom. The maximum atomic E-state index is 10.8. The van der Waals surface area contributed by atoms with Crippen LogP contribution in [-0.2, 0) is 4.43 Å². The summed E-state index contributed by atoms with van der Waals surface area (Å²) in [4.78, 5) is 10.8. The zero-order valence-electron chi connectivity index (χ0n) is 15.2. The fraction of sp³-hybridized carbons (Fsp3) is 0.895. The van der Waals surface area contributed by atoms with Crippen molar-refractivity contribution >= 4 is 8.56 Å². The zero-order chi connectivity index (χ0) is 16.5. The van der Waals surface area contributed by atoms with Crippen LogP contribution >= 0.6 is 0 Å². The van der Waals surface area contributed by atoms with Crippen LogP contribution in [-0.4, -0.2) is 20.0 Å². The van der Waals surface area contributed by atoms with E-state index in [1.165, 1.54) is 64.2 Å². The van der Waals surface area contributed by atoms with Crippen LogP contribution < -0.4 is 0 Å². The van der Waals surface area contributed by atoms with Crippen LogP contribution in [0.25, 0.3) is 0 Å². The van der Waals surface area contributed by atoms with E-state index >= 15 is 0 Å². The second-order valence-electron chi connectivity index (χ2n) is 6.58. The van der Waals surface area contributed by atoms with Crippen molar-refractivity contribution in [2.24, 2.45) is 0 Å². The number of hydrogen-bond donors (Lipinski definition) is 1. The van der Waals surface area contributed by atoms with Crippen LogP contribution in [0.4, 0.5) is 0 Å². The van der Waals surface area contributed by atoms with E-state index in [9.17, 15) is 4.80 Å². The van der Waals surface area contributed by atoms with Crippen molar-refractivity contribution in [3.05, 3.63) is 12.7 Å². The van der Waals surface area contributed by atoms with E-state index in [1.807, 2.05) is 0 Å². The van der Waals surface area contributed by atoms with E-state index in [0.29, 0.717) is 6.61 Å². The predicted octanol–water partition coefficient (Wildman–Crippen LogP) is 6.34. The molecule has 0 radical (unpaired) electrons. The lowest BCUT2D eigenvalue weighted by atomic mass is 10.1. The lowest BCUT2D eigenvalue weighted by Gasteiger charge is -2.24. The molecule has 22 heavy (non-hydrogen) atoms. The highest BCUT2D eigenvalue weighted by Crippen LogP contribution is 2.22. The van der Waals surface area contributed by atoms with E-state index in [0.717, 1.165) is 24.9 Å². The summed E-state index contributed by atoms with van der Waals surface area (Å²) in [6, 6.07) is 1.81. The summed E-state index contributed by atoms with van der Waals surface area (Å²) in [6.07, 6.45) is 17.0. The van der Waals surface area contributed by atoms with E-state index in [2.05, 4.69) is 20.4 Å². The van der Waals surface area contributed by atoms with Gasteiger partial charge in [0.05, 0.1) is 6.61 Å². The number of rotatable bonds is 17. The molecule has 0 saturated carbocycles. The average molecular weight is 329 g/mol. The normalized spacial score (nSPS) is 11.8. The third-order valence-corrected chi connectivity index (χ3v) is 7.29. The molecule has 0 bridgehead atoms. The maximum Gasteiger partial charge on any atom is 0.335 e. The van der Waals surface area contributed by atoms with Gasteiger partial charge in [-0.15, -0.1) is 6.58 Å². The van der Waals surface area contributed by atoms with Gasteiger partial charge in [-0.3, -0.25) is 0 Å². The molecule has 3 heteroatoms. The Bertz CT molecular complexity index is 228. The summed E-state index contributed by atoms with van der Waals surface area (Å²) in [7, 11) is -2.48. The fourth-order valence-corrected chi connectivity index (χ4v) is 5.42. The van der Waals surface area contributed by atoms with Gasteiger partial charge < -0.3 is 9.22 Å². The van der Waals surface area contributed by atoms with Crippen molar-refractivity contribution in [3.8, 4) is 0 Å². The van der Waals surface area contributed by atoms with Crippen LogP contribution in [0.2, 0.25) is 12.1 Å². The molecular formula is C19H40O2Si. The van der Waals surface area contributed by atoms with Gasteiger partial charge in [0, 0.05) is 0 Å². The molecule has 0 heterocycles. The van der Waals surface area contributed by atoms with Gasteiger partial charge in [0.25, 0.3) is 0 Å². The molecule has 0 rings (SSSR count). The average Bonchev–Trinajstić information content (AvgIpc) is 2.52. The first-order chi connectivity index (χ1) is 10.7. The lowest BCUT2D eigenvalue weighted by Crippen LogP contribution is -2.38. The molecule has 2 nitrogen and oxygen atoms in total. The molecular weight excluding hydrogens is 288 g/mol. The number of hydrogen-bond acceptors (Lipinski definition) is 2. The Balaban J connectivity index is 3.87. The first kappa shape index (κ1) is 21.9. The quantitative estimate of drug-likeness (QED) is 0.192. The third-order valence-electron chi connectivity index (χ3n) is 4.31. The molecule has 0 aromatic heterocycles. The fourth-order valence-electron chi connectivity index (χ4n) is 2.85. The largest absolute Gasteiger partial charge is 0.411 e. The zero-order valence-corrected chi connectivity index (χ0v) is 16.2. The lowest BCUT2D eigenvalue weighted by molar-refractivity contribution is 0.252. The summed E-state index contributed by atoms with van der Waals surface area (Å²) in [6.45, 7) is 8.71. The van der Waals surface area contributed by atoms with Gasteiger partial charge in [-0.05, 0) is 12.1 Å². The minimum Gasteiger partial charge on any atom is -0.411 e. The molecule has 0 aliphatic rings. The van der Waals surface area contributed by atoms with Gasteiger partial charge in [0.1, 0.15) is 0 Å². The monoisotopic (exact) mass is 328 g/mol. The van der Waals surface area contributed by atoms with Crippen molar-refractivity contribution in [1.82, 2.24) is 0 Å². The van der Waals surface area contributed by atoms with Crippen LogP contribution in [0.1, 0.15) is 90.9 Å². The first-order valence-electron chi connectivity index (χ1n) is 9.65. The van der Waals surface area contributed by atoms with Crippen molar-refractivity contribution in [3.63, 3.8) is 0 Å². The second kappa shape index (κ2) is 15.8. The first-order valence-corrected chi connectivity index (χ1v) is 11.9. The maximum absolute atomic E-state index is 10.8. The smallest absolute Gasteiger partial charge is 0.335 e. The molecule has 0 fully saturated rings. The summed E-state index contributed by atoms with van der Waals surface area (Å²) in [5, 5.41) is 0. The molecule has 0 aliphatic heterocycles. The molecule has 132 valence electrons. The summed E-state index contributed by atoms with van der Waals surface area (Å²) >= 11 is 0. The Labute approximate surface area is 140 Å². The van der Waals surface area contributed by atoms with Crippen LogP contribution in [0.3, 0.4) is 0 Å². The van der Waals surface area contributed by atoms with Crippen molar-refractivity contribution in [2.75, 3.05) is 6.61 Å². The van der Waals surface area contributed by atoms with Crippen LogP contribution in [0.15, 0.2) is 12.7 Å². The Morgan fingerprint density at radius 1 is 0.773 bits per heavy atom. The molecule has 0 aliphatic carbocycles. The van der Waals surface area contributed by atoms with Crippen molar-refractivity contribution in [1.29, 1.82) is 0 Å². The van der Waals surface area contributed by atoms with E-state index in [4.69, 9.17) is 4.43 Å². The van der Waals surface area contributed by atoms with Gasteiger partial charge in [-0.2, -0.15) is 0 Å². The third kappa shape index (κ3) is 13.5. The highest BCUT2D eigenvalue weighted by molar-refractivity contribution is 6.66. The summed E-state index contributed by atoms with van der Waals surface area (Å²) in [5.74, 6) is 0. The predicted molar refractivity (Wildman–Crippen MR) is 100 cm³/mol. The van der Waals surface area contributed by atoms with Gasteiger partial charge in [-0.1, -0.05) is 97.0 Å². The molecule has 0 aromatic rings. The second-order valence-corrected chi connectivity index (χ2v) is 9.76. The van der Waals surface area contributed by atoms with E-state index in [-0.39, 0.29) is 0 Å². The molecule has 0 atom stereocenters. The molecule has 1 N–H and O–H groups in total. The summed E-state index contributed by atoms with van der Waals surface area (Å²) in [5.41, 5.74) is 0. The Hall–Kier alpha value is -0.123. The van der Waals surface area contributed by atoms with Gasteiger partial charge in [0.15, 0.2) is 0 Å². The van der Waals surface area contributed by atoms with Gasteiger partial charge >= 0.3 is 8.56 Å². The van der Waals surface area contributed by atoms with Crippen molar-refractivity contribution in [2.45, 2.75) is 103 Å². The molecule has 0 aromatic carbocycles. The Morgan fingerprint density at radius 3 is 1.59 bits per heavy atom. The highest BCUT2D eigenvalue weighted by atomic mass is 28.4. The Kier molecular flexibility index (Phi) is 15.7. The topological polar surface area (TPSA) is 29.5 Å². The van der Waals surface area contributed by atoms with Crippen molar-refractivity contribution < 1.29 is 9.22 Å². The van der Waals surface area contributed by atoms with E-state index in [1.54, 1.807) is 6.08 Å². The summed E-state index contributed by atoms with van der Waals surface area (Å²) < 4.78 is 5.81. The molecule has 0 amide bonds. The minimum atomic E-state index is -2.48. The minimum absolute atomic E-state index is 0.508. The van der Waals surface area contributed by atoms with Gasteiger partial charge in [-0.25, -0.2) is 0 Å². The molecule has 0 spiro atoms. The van der Waals surface area contributed by atoms with E-state index < -0.39 is 8.56 Å². The molecule has 0 saturated heterocycles. The van der Waals surface area contributed by atoms with Gasteiger partial charge in [0.2, 0.25) is 0 Å². The molecule has 0 unspecified atom stereocenters. The number of unbranched alkanes of at least 4 members (excludes halogenated alkanes) is 10. The highest BCUT2D eigenvalue weighted by Gasteiger charge is 2.31. The SMILES string of the molecule is C=CCO[Si](O)(CCCCCCCC)CCCCCCCC. The van der Waals surface area contributed by atoms with Crippen LogP contribution in [0, 0.1) is 0 Å².